The zero-order valence-electron chi connectivity index (χ0n) is 12.9. The summed E-state index contributed by atoms with van der Waals surface area (Å²) in [6.07, 6.45) is 1.94. The Morgan fingerprint density at radius 2 is 2.18 bits per heavy atom. The van der Waals surface area contributed by atoms with Crippen LogP contribution in [0.5, 0.6) is 0 Å². The van der Waals surface area contributed by atoms with E-state index in [4.69, 9.17) is 4.74 Å². The van der Waals surface area contributed by atoms with Gasteiger partial charge < -0.3 is 15.0 Å². The summed E-state index contributed by atoms with van der Waals surface area (Å²) >= 11 is 0. The van der Waals surface area contributed by atoms with Crippen molar-refractivity contribution in [2.24, 2.45) is 5.92 Å². The van der Waals surface area contributed by atoms with E-state index in [0.717, 1.165) is 6.42 Å². The number of likely N-dealkylation sites (N-methyl/N-ethyl adjacent to an activating group) is 1. The van der Waals surface area contributed by atoms with Gasteiger partial charge in [0.15, 0.2) is 0 Å². The summed E-state index contributed by atoms with van der Waals surface area (Å²) in [6.45, 7) is 1.70. The molecule has 3 rings (SSSR count). The Hall–Kier alpha value is -1.88. The first-order chi connectivity index (χ1) is 10.6. The van der Waals surface area contributed by atoms with E-state index in [1.165, 1.54) is 11.1 Å². The van der Waals surface area contributed by atoms with Crippen LogP contribution in [0.15, 0.2) is 24.3 Å². The number of hydrogen-bond acceptors (Lipinski definition) is 3. The second kappa shape index (κ2) is 6.48. The van der Waals surface area contributed by atoms with Crippen molar-refractivity contribution >= 4 is 11.8 Å². The maximum atomic E-state index is 12.5. The molecule has 2 aliphatic heterocycles. The van der Waals surface area contributed by atoms with Crippen LogP contribution in [0.3, 0.4) is 0 Å². The van der Waals surface area contributed by atoms with E-state index < -0.39 is 0 Å². The summed E-state index contributed by atoms with van der Waals surface area (Å²) in [5, 5.41) is 2.77. The normalized spacial score (nSPS) is 24.3. The standard InChI is InChI=1S/C17H22N2O3/c1-19(17(21)13-6-7-16(20)18-10-13)11-15-14-5-3-2-4-12(14)8-9-22-15/h2-5,13,15H,6-11H2,1H3,(H,18,20)/t13-,15+/m0/s1. The molecule has 0 aromatic heterocycles. The Balaban J connectivity index is 1.63. The van der Waals surface area contributed by atoms with Crippen LogP contribution in [-0.2, 0) is 20.7 Å². The highest BCUT2D eigenvalue weighted by atomic mass is 16.5. The first-order valence-corrected chi connectivity index (χ1v) is 7.86. The highest BCUT2D eigenvalue weighted by Crippen LogP contribution is 2.28. The smallest absolute Gasteiger partial charge is 0.227 e. The maximum absolute atomic E-state index is 12.5. The molecule has 0 saturated carbocycles. The summed E-state index contributed by atoms with van der Waals surface area (Å²) in [7, 11) is 1.82. The monoisotopic (exact) mass is 302 g/mol. The van der Waals surface area contributed by atoms with Gasteiger partial charge >= 0.3 is 0 Å². The largest absolute Gasteiger partial charge is 0.371 e. The van der Waals surface area contributed by atoms with Gasteiger partial charge in [-0.1, -0.05) is 24.3 Å². The number of carbonyl (C=O) groups is 2. The number of fused-ring (bicyclic) bond motifs is 1. The Labute approximate surface area is 130 Å². The van der Waals surface area contributed by atoms with E-state index in [1.807, 2.05) is 19.2 Å². The van der Waals surface area contributed by atoms with E-state index in [2.05, 4.69) is 17.4 Å². The quantitative estimate of drug-likeness (QED) is 0.915. The van der Waals surface area contributed by atoms with Gasteiger partial charge in [0.05, 0.1) is 19.1 Å². The van der Waals surface area contributed by atoms with E-state index in [0.29, 0.717) is 32.5 Å². The second-order valence-corrected chi connectivity index (χ2v) is 6.07. The lowest BCUT2D eigenvalue weighted by molar-refractivity contribution is -0.138. The molecule has 1 saturated heterocycles. The van der Waals surface area contributed by atoms with Crippen LogP contribution in [0.2, 0.25) is 0 Å². The third-order valence-electron chi connectivity index (χ3n) is 4.52. The Morgan fingerprint density at radius 3 is 2.95 bits per heavy atom. The van der Waals surface area contributed by atoms with Crippen LogP contribution in [0.4, 0.5) is 0 Å². The van der Waals surface area contributed by atoms with Gasteiger partial charge in [0.2, 0.25) is 11.8 Å². The molecule has 1 aromatic carbocycles. The van der Waals surface area contributed by atoms with Crippen LogP contribution in [0.25, 0.3) is 0 Å². The van der Waals surface area contributed by atoms with Crippen molar-refractivity contribution in [2.75, 3.05) is 26.7 Å². The number of hydrogen-bond donors (Lipinski definition) is 1. The summed E-state index contributed by atoms with van der Waals surface area (Å²) < 4.78 is 5.87. The SMILES string of the molecule is CN(C[C@H]1OCCc2ccccc21)C(=O)[C@H]1CCC(=O)NC1. The molecule has 2 atom stereocenters. The number of nitrogens with zero attached hydrogens (tertiary/aromatic N) is 1. The fraction of sp³-hybridized carbons (Fsp3) is 0.529. The van der Waals surface area contributed by atoms with Crippen molar-refractivity contribution in [3.8, 4) is 0 Å². The van der Waals surface area contributed by atoms with Crippen molar-refractivity contribution in [2.45, 2.75) is 25.4 Å². The number of benzene rings is 1. The van der Waals surface area contributed by atoms with Gasteiger partial charge in [-0.3, -0.25) is 9.59 Å². The molecule has 0 aliphatic carbocycles. The lowest BCUT2D eigenvalue weighted by Gasteiger charge is -2.32. The molecule has 1 fully saturated rings. The zero-order chi connectivity index (χ0) is 15.5. The van der Waals surface area contributed by atoms with Crippen molar-refractivity contribution in [3.05, 3.63) is 35.4 Å². The number of carbonyl (C=O) groups excluding carboxylic acids is 2. The van der Waals surface area contributed by atoms with E-state index in [1.54, 1.807) is 4.90 Å². The molecule has 0 spiro atoms. The summed E-state index contributed by atoms with van der Waals surface area (Å²) in [5.41, 5.74) is 2.50. The van der Waals surface area contributed by atoms with Crippen molar-refractivity contribution < 1.29 is 14.3 Å². The number of nitrogens with one attached hydrogen (secondary N) is 1. The molecule has 2 amide bonds. The average molecular weight is 302 g/mol. The Kier molecular flexibility index (Phi) is 4.43. The predicted octanol–water partition coefficient (Wildman–Crippen LogP) is 1.28. The zero-order valence-corrected chi connectivity index (χ0v) is 12.9. The summed E-state index contributed by atoms with van der Waals surface area (Å²) in [5.74, 6) is 0.0180. The first kappa shape index (κ1) is 15.0. The van der Waals surface area contributed by atoms with Gasteiger partial charge in [-0.2, -0.15) is 0 Å². The Bertz CT molecular complexity index is 563. The van der Waals surface area contributed by atoms with Crippen LogP contribution in [-0.4, -0.2) is 43.5 Å². The van der Waals surface area contributed by atoms with Crippen LogP contribution < -0.4 is 5.32 Å². The van der Waals surface area contributed by atoms with Crippen molar-refractivity contribution in [3.63, 3.8) is 0 Å². The third kappa shape index (κ3) is 3.14. The molecule has 2 heterocycles. The minimum absolute atomic E-state index is 0.0382. The van der Waals surface area contributed by atoms with Crippen LogP contribution >= 0.6 is 0 Å². The fourth-order valence-electron chi connectivity index (χ4n) is 3.22. The molecule has 0 radical (unpaired) electrons. The third-order valence-corrected chi connectivity index (χ3v) is 4.52. The molecule has 1 aromatic rings. The topological polar surface area (TPSA) is 58.6 Å². The van der Waals surface area contributed by atoms with Gasteiger partial charge in [-0.15, -0.1) is 0 Å². The van der Waals surface area contributed by atoms with Gasteiger partial charge in [-0.25, -0.2) is 0 Å². The van der Waals surface area contributed by atoms with Crippen LogP contribution in [0.1, 0.15) is 30.1 Å². The molecule has 5 heteroatoms. The fourth-order valence-corrected chi connectivity index (χ4v) is 3.22. The van der Waals surface area contributed by atoms with Gasteiger partial charge in [0.1, 0.15) is 6.10 Å². The summed E-state index contributed by atoms with van der Waals surface area (Å²) in [6, 6.07) is 8.27. The molecule has 118 valence electrons. The maximum Gasteiger partial charge on any atom is 0.227 e. The lowest BCUT2D eigenvalue weighted by Crippen LogP contribution is -2.45. The molecule has 2 aliphatic rings. The minimum atomic E-state index is -0.110. The molecule has 22 heavy (non-hydrogen) atoms. The minimum Gasteiger partial charge on any atom is -0.371 e. The highest BCUT2D eigenvalue weighted by Gasteiger charge is 2.29. The molecule has 0 unspecified atom stereocenters. The van der Waals surface area contributed by atoms with Crippen molar-refractivity contribution in [1.29, 1.82) is 0 Å². The van der Waals surface area contributed by atoms with E-state index >= 15 is 0 Å². The van der Waals surface area contributed by atoms with Crippen LogP contribution in [0, 0.1) is 5.92 Å². The molecule has 0 bridgehead atoms. The van der Waals surface area contributed by atoms with Gasteiger partial charge in [-0.05, 0) is 24.0 Å². The number of amides is 2. The van der Waals surface area contributed by atoms with E-state index in [9.17, 15) is 9.59 Å². The van der Waals surface area contributed by atoms with Gasteiger partial charge in [0.25, 0.3) is 0 Å². The average Bonchev–Trinajstić information content (AvgIpc) is 2.55. The first-order valence-electron chi connectivity index (χ1n) is 7.86. The molecule has 1 N–H and O–H groups in total. The lowest BCUT2D eigenvalue weighted by atomic mass is 9.95. The number of piperidine rings is 1. The van der Waals surface area contributed by atoms with Crippen molar-refractivity contribution in [1.82, 2.24) is 10.2 Å². The number of rotatable bonds is 3. The summed E-state index contributed by atoms with van der Waals surface area (Å²) in [4.78, 5) is 25.5. The number of ether oxygens (including phenoxy) is 1. The Morgan fingerprint density at radius 1 is 1.36 bits per heavy atom. The predicted molar refractivity (Wildman–Crippen MR) is 82.2 cm³/mol. The van der Waals surface area contributed by atoms with E-state index in [-0.39, 0.29) is 23.8 Å². The molecule has 5 nitrogen and oxygen atoms in total. The molecular formula is C17H22N2O3. The highest BCUT2D eigenvalue weighted by molar-refractivity contribution is 5.83. The van der Waals surface area contributed by atoms with Gasteiger partial charge in [0, 0.05) is 20.0 Å². The molecular weight excluding hydrogens is 280 g/mol. The second-order valence-electron chi connectivity index (χ2n) is 6.07.